The summed E-state index contributed by atoms with van der Waals surface area (Å²) in [5.41, 5.74) is 6.89. The molecule has 1 aliphatic heterocycles. The van der Waals surface area contributed by atoms with Gasteiger partial charge in [0.25, 0.3) is 5.91 Å². The monoisotopic (exact) mass is 418 g/mol. The van der Waals surface area contributed by atoms with Gasteiger partial charge >= 0.3 is 0 Å². The lowest BCUT2D eigenvalue weighted by Gasteiger charge is -2.12. The van der Waals surface area contributed by atoms with Gasteiger partial charge in [-0.25, -0.2) is 0 Å². The summed E-state index contributed by atoms with van der Waals surface area (Å²) in [4.78, 5) is 13.1. The van der Waals surface area contributed by atoms with Crippen LogP contribution in [0.2, 0.25) is 5.02 Å². The van der Waals surface area contributed by atoms with Crippen molar-refractivity contribution in [1.82, 2.24) is 9.78 Å². The van der Waals surface area contributed by atoms with Gasteiger partial charge in [-0.1, -0.05) is 48.0 Å². The number of anilines is 1. The van der Waals surface area contributed by atoms with E-state index in [4.69, 9.17) is 11.6 Å². The minimum Gasteiger partial charge on any atom is -0.267 e. The smallest absolute Gasteiger partial charge is 0.267 e. The van der Waals surface area contributed by atoms with Crippen molar-refractivity contribution in [3.8, 4) is 0 Å². The van der Waals surface area contributed by atoms with E-state index in [0.717, 1.165) is 22.5 Å². The highest BCUT2D eigenvalue weighted by molar-refractivity contribution is 6.33. The predicted octanol–water partition coefficient (Wildman–Crippen LogP) is 5.32. The molecule has 1 aliphatic rings. The Morgan fingerprint density at radius 3 is 2.47 bits per heavy atom. The van der Waals surface area contributed by atoms with Crippen LogP contribution in [0.25, 0.3) is 6.08 Å². The number of rotatable bonds is 4. The van der Waals surface area contributed by atoms with E-state index in [1.807, 2.05) is 68.8 Å². The molecule has 0 fully saturated rings. The van der Waals surface area contributed by atoms with Crippen LogP contribution in [0.1, 0.15) is 35.0 Å². The van der Waals surface area contributed by atoms with Crippen molar-refractivity contribution in [2.45, 2.75) is 34.2 Å². The van der Waals surface area contributed by atoms with Gasteiger partial charge in [0.15, 0.2) is 0 Å². The fraction of sp³-hybridized carbons (Fsp3) is 0.208. The number of benzene rings is 2. The molecule has 30 heavy (non-hydrogen) atoms. The molecule has 0 bridgehead atoms. The Bertz CT molecular complexity index is 1190. The maximum Gasteiger partial charge on any atom is 0.280 e. The Morgan fingerprint density at radius 2 is 1.77 bits per heavy atom. The molecule has 6 heteroatoms. The third-order valence-corrected chi connectivity index (χ3v) is 5.77. The third-order valence-electron chi connectivity index (χ3n) is 5.36. The van der Waals surface area contributed by atoms with E-state index in [0.29, 0.717) is 28.5 Å². The van der Waals surface area contributed by atoms with Crippen molar-refractivity contribution in [1.29, 1.82) is 0 Å². The molecular formula is C24H23ClN4O. The van der Waals surface area contributed by atoms with Crippen LogP contribution in [0.4, 0.5) is 5.69 Å². The number of hydrogen-bond donors (Lipinski definition) is 0. The third kappa shape index (κ3) is 3.68. The molecule has 1 aromatic heterocycles. The molecule has 2 aromatic carbocycles. The maximum absolute atomic E-state index is 13.1. The van der Waals surface area contributed by atoms with Crippen LogP contribution in [-0.2, 0) is 11.3 Å². The Kier molecular flexibility index (Phi) is 5.31. The molecule has 5 nitrogen and oxygen atoms in total. The van der Waals surface area contributed by atoms with Gasteiger partial charge in [0.05, 0.1) is 29.2 Å². The normalized spacial score (nSPS) is 15.2. The zero-order valence-corrected chi connectivity index (χ0v) is 18.2. The van der Waals surface area contributed by atoms with E-state index in [9.17, 15) is 4.79 Å². The standard InChI is InChI=1S/C24H23ClN4O/c1-15-10-11-20(12-23(15)25)29-24(30)22(17(3)27-29)13-21-16(2)26-28(18(21)4)14-19-8-6-5-7-9-19/h5-13H,14H2,1-4H3/b22-13+. The number of nitrogens with zero attached hydrogens (tertiary/aromatic N) is 4. The zero-order chi connectivity index (χ0) is 21.4. The van der Waals surface area contributed by atoms with Crippen LogP contribution in [0.5, 0.6) is 0 Å². The number of halogens is 1. The summed E-state index contributed by atoms with van der Waals surface area (Å²) in [6.07, 6.45) is 1.90. The molecule has 0 atom stereocenters. The second-order valence-corrected chi connectivity index (χ2v) is 7.93. The molecule has 0 N–H and O–H groups in total. The SMILES string of the molecule is CC1=NN(c2ccc(C)c(Cl)c2)C(=O)/C1=C/c1c(C)nn(Cc2ccccc2)c1C. The molecule has 4 rings (SSSR count). The van der Waals surface area contributed by atoms with Crippen LogP contribution in [0.3, 0.4) is 0 Å². The molecular weight excluding hydrogens is 396 g/mol. The molecule has 1 amide bonds. The van der Waals surface area contributed by atoms with E-state index < -0.39 is 0 Å². The van der Waals surface area contributed by atoms with E-state index in [1.54, 1.807) is 6.07 Å². The lowest BCUT2D eigenvalue weighted by atomic mass is 10.1. The fourth-order valence-corrected chi connectivity index (χ4v) is 3.72. The highest BCUT2D eigenvalue weighted by Crippen LogP contribution is 2.29. The highest BCUT2D eigenvalue weighted by atomic mass is 35.5. The van der Waals surface area contributed by atoms with Gasteiger partial charge in [-0.3, -0.25) is 9.48 Å². The molecule has 0 saturated heterocycles. The van der Waals surface area contributed by atoms with E-state index in [-0.39, 0.29) is 5.91 Å². The molecule has 0 spiro atoms. The lowest BCUT2D eigenvalue weighted by Crippen LogP contribution is -2.21. The summed E-state index contributed by atoms with van der Waals surface area (Å²) in [5.74, 6) is -0.165. The van der Waals surface area contributed by atoms with E-state index in [1.165, 1.54) is 10.6 Å². The minimum atomic E-state index is -0.165. The first kappa shape index (κ1) is 20.1. The summed E-state index contributed by atoms with van der Waals surface area (Å²) in [6, 6.07) is 15.7. The second kappa shape index (κ2) is 7.92. The van der Waals surface area contributed by atoms with Crippen molar-refractivity contribution in [2.75, 3.05) is 5.01 Å². The quantitative estimate of drug-likeness (QED) is 0.538. The molecule has 0 aliphatic carbocycles. The van der Waals surface area contributed by atoms with Crippen LogP contribution < -0.4 is 5.01 Å². The molecule has 0 unspecified atom stereocenters. The van der Waals surface area contributed by atoms with Crippen LogP contribution >= 0.6 is 11.6 Å². The van der Waals surface area contributed by atoms with Gasteiger partial charge in [-0.2, -0.15) is 15.2 Å². The Hall–Kier alpha value is -3.18. The summed E-state index contributed by atoms with van der Waals surface area (Å²) >= 11 is 6.24. The molecule has 0 saturated carbocycles. The highest BCUT2D eigenvalue weighted by Gasteiger charge is 2.29. The summed E-state index contributed by atoms with van der Waals surface area (Å²) in [6.45, 7) is 8.45. The van der Waals surface area contributed by atoms with Gasteiger partial charge in [-0.15, -0.1) is 0 Å². The number of hydrazone groups is 1. The van der Waals surface area contributed by atoms with Crippen LogP contribution in [0.15, 0.2) is 59.2 Å². The predicted molar refractivity (Wildman–Crippen MR) is 122 cm³/mol. The molecule has 152 valence electrons. The molecule has 3 aromatic rings. The van der Waals surface area contributed by atoms with Gasteiger partial charge in [0.2, 0.25) is 0 Å². The number of hydrogen-bond acceptors (Lipinski definition) is 3. The largest absolute Gasteiger partial charge is 0.280 e. The average Bonchev–Trinajstić information content (AvgIpc) is 3.15. The topological polar surface area (TPSA) is 50.5 Å². The molecule has 0 radical (unpaired) electrons. The van der Waals surface area contributed by atoms with Crippen molar-refractivity contribution >= 4 is 35.0 Å². The number of amides is 1. The first-order chi connectivity index (χ1) is 14.3. The summed E-state index contributed by atoms with van der Waals surface area (Å²) < 4.78 is 1.97. The van der Waals surface area contributed by atoms with Gasteiger partial charge in [0, 0.05) is 16.3 Å². The van der Waals surface area contributed by atoms with E-state index in [2.05, 4.69) is 22.3 Å². The second-order valence-electron chi connectivity index (χ2n) is 7.52. The van der Waals surface area contributed by atoms with Crippen molar-refractivity contribution < 1.29 is 4.79 Å². The molecule has 2 heterocycles. The average molecular weight is 419 g/mol. The first-order valence-corrected chi connectivity index (χ1v) is 10.2. The summed E-state index contributed by atoms with van der Waals surface area (Å²) in [7, 11) is 0. The number of aryl methyl sites for hydroxylation is 2. The van der Waals surface area contributed by atoms with Crippen molar-refractivity contribution in [3.05, 3.63) is 87.2 Å². The number of carbonyl (C=O) groups excluding carboxylic acids is 1. The van der Waals surface area contributed by atoms with Crippen molar-refractivity contribution in [2.24, 2.45) is 5.10 Å². The fourth-order valence-electron chi connectivity index (χ4n) is 3.55. The Labute approximate surface area is 181 Å². The minimum absolute atomic E-state index is 0.165. The van der Waals surface area contributed by atoms with Crippen LogP contribution in [-0.4, -0.2) is 21.4 Å². The zero-order valence-electron chi connectivity index (χ0n) is 17.5. The lowest BCUT2D eigenvalue weighted by molar-refractivity contribution is -0.114. The van der Waals surface area contributed by atoms with E-state index >= 15 is 0 Å². The van der Waals surface area contributed by atoms with Gasteiger partial charge in [-0.05, 0) is 57.0 Å². The number of carbonyl (C=O) groups is 1. The maximum atomic E-state index is 13.1. The Balaban J connectivity index is 1.66. The summed E-state index contributed by atoms with van der Waals surface area (Å²) in [5, 5.41) is 11.2. The van der Waals surface area contributed by atoms with Crippen molar-refractivity contribution in [3.63, 3.8) is 0 Å². The Morgan fingerprint density at radius 1 is 1.03 bits per heavy atom. The number of aromatic nitrogens is 2. The van der Waals surface area contributed by atoms with Crippen LogP contribution in [0, 0.1) is 20.8 Å². The first-order valence-electron chi connectivity index (χ1n) is 9.81. The van der Waals surface area contributed by atoms with Gasteiger partial charge in [0.1, 0.15) is 0 Å². The van der Waals surface area contributed by atoms with Gasteiger partial charge < -0.3 is 0 Å².